The predicted molar refractivity (Wildman–Crippen MR) is 77.2 cm³/mol. The maximum atomic E-state index is 12.6. The van der Waals surface area contributed by atoms with Gasteiger partial charge in [-0.1, -0.05) is 18.2 Å². The summed E-state index contributed by atoms with van der Waals surface area (Å²) in [5.74, 6) is -0.234. The molecule has 0 bridgehead atoms. The number of fused-ring (bicyclic) bond motifs is 1. The molecule has 0 aliphatic carbocycles. The summed E-state index contributed by atoms with van der Waals surface area (Å²) in [6, 6.07) is 16.1. The standard InChI is InChI=1S/C16H11N3O/c17-10-12-3-1-2-4-14(12)16(20)19-8-7-11-5-6-13(18)9-15(11)19/h1-9H,18H2. The number of rotatable bonds is 1. The Hall–Kier alpha value is -3.06. The van der Waals surface area contributed by atoms with Crippen LogP contribution in [0, 0.1) is 11.3 Å². The number of anilines is 1. The van der Waals surface area contributed by atoms with Crippen LogP contribution in [-0.4, -0.2) is 10.5 Å². The molecule has 2 aromatic carbocycles. The SMILES string of the molecule is N#Cc1ccccc1C(=O)n1ccc2ccc(N)cc21. The fourth-order valence-electron chi connectivity index (χ4n) is 2.22. The number of carbonyl (C=O) groups is 1. The Labute approximate surface area is 115 Å². The molecule has 3 aromatic rings. The molecule has 0 radical (unpaired) electrons. The average molecular weight is 261 g/mol. The highest BCUT2D eigenvalue weighted by molar-refractivity contribution is 6.04. The van der Waals surface area contributed by atoms with Crippen LogP contribution in [0.1, 0.15) is 15.9 Å². The van der Waals surface area contributed by atoms with Crippen LogP contribution in [0.25, 0.3) is 10.9 Å². The average Bonchev–Trinajstić information content (AvgIpc) is 2.89. The Morgan fingerprint density at radius 1 is 1.15 bits per heavy atom. The van der Waals surface area contributed by atoms with E-state index in [0.29, 0.717) is 16.8 Å². The number of nitrogens with two attached hydrogens (primary N) is 1. The first kappa shape index (κ1) is 12.0. The minimum absolute atomic E-state index is 0.234. The van der Waals surface area contributed by atoms with E-state index in [4.69, 9.17) is 11.0 Å². The van der Waals surface area contributed by atoms with Gasteiger partial charge >= 0.3 is 0 Å². The number of carbonyl (C=O) groups excluding carboxylic acids is 1. The summed E-state index contributed by atoms with van der Waals surface area (Å²) in [5.41, 5.74) is 7.85. The summed E-state index contributed by atoms with van der Waals surface area (Å²) in [5, 5.41) is 10.0. The Morgan fingerprint density at radius 3 is 2.75 bits per heavy atom. The summed E-state index contributed by atoms with van der Waals surface area (Å²) in [7, 11) is 0. The molecule has 0 saturated heterocycles. The molecule has 0 aliphatic heterocycles. The minimum Gasteiger partial charge on any atom is -0.399 e. The van der Waals surface area contributed by atoms with Crippen molar-refractivity contribution in [2.75, 3.05) is 5.73 Å². The minimum atomic E-state index is -0.234. The van der Waals surface area contributed by atoms with Gasteiger partial charge in [0, 0.05) is 17.3 Å². The topological polar surface area (TPSA) is 71.8 Å². The van der Waals surface area contributed by atoms with Crippen LogP contribution in [-0.2, 0) is 0 Å². The monoisotopic (exact) mass is 261 g/mol. The van der Waals surface area contributed by atoms with E-state index in [9.17, 15) is 4.79 Å². The third kappa shape index (κ3) is 1.82. The molecule has 4 nitrogen and oxygen atoms in total. The van der Waals surface area contributed by atoms with Gasteiger partial charge in [0.2, 0.25) is 0 Å². The van der Waals surface area contributed by atoms with Gasteiger partial charge in [-0.3, -0.25) is 9.36 Å². The first-order chi connectivity index (χ1) is 9.70. The Morgan fingerprint density at radius 2 is 1.95 bits per heavy atom. The number of hydrogen-bond donors (Lipinski definition) is 1. The van der Waals surface area contributed by atoms with Gasteiger partial charge < -0.3 is 5.73 Å². The highest BCUT2D eigenvalue weighted by Crippen LogP contribution is 2.21. The molecule has 20 heavy (non-hydrogen) atoms. The van der Waals surface area contributed by atoms with Crippen molar-refractivity contribution in [1.29, 1.82) is 5.26 Å². The quantitative estimate of drug-likeness (QED) is 0.684. The number of aromatic nitrogens is 1. The summed E-state index contributed by atoms with van der Waals surface area (Å²) >= 11 is 0. The number of nitrogen functional groups attached to an aromatic ring is 1. The molecule has 0 aliphatic rings. The lowest BCUT2D eigenvalue weighted by atomic mass is 10.1. The maximum absolute atomic E-state index is 12.6. The first-order valence-electron chi connectivity index (χ1n) is 6.11. The first-order valence-corrected chi connectivity index (χ1v) is 6.11. The summed E-state index contributed by atoms with van der Waals surface area (Å²) in [6.45, 7) is 0. The lowest BCUT2D eigenvalue weighted by Crippen LogP contribution is -2.12. The van der Waals surface area contributed by atoms with Crippen LogP contribution in [0.15, 0.2) is 54.7 Å². The van der Waals surface area contributed by atoms with Gasteiger partial charge in [0.05, 0.1) is 22.7 Å². The van der Waals surface area contributed by atoms with Crippen LogP contribution in [0.4, 0.5) is 5.69 Å². The van der Waals surface area contributed by atoms with E-state index < -0.39 is 0 Å². The fraction of sp³-hybridized carbons (Fsp3) is 0. The third-order valence-electron chi connectivity index (χ3n) is 3.21. The molecular formula is C16H11N3O. The second kappa shape index (κ2) is 4.56. The van der Waals surface area contributed by atoms with E-state index in [-0.39, 0.29) is 5.91 Å². The summed E-state index contributed by atoms with van der Waals surface area (Å²) in [4.78, 5) is 12.6. The van der Waals surface area contributed by atoms with E-state index in [1.807, 2.05) is 18.2 Å². The van der Waals surface area contributed by atoms with Gasteiger partial charge in [0.1, 0.15) is 0 Å². The second-order valence-electron chi connectivity index (χ2n) is 4.47. The highest BCUT2D eigenvalue weighted by atomic mass is 16.2. The normalized spacial score (nSPS) is 10.3. The largest absolute Gasteiger partial charge is 0.399 e. The van der Waals surface area contributed by atoms with Gasteiger partial charge in [-0.15, -0.1) is 0 Å². The molecule has 0 unspecified atom stereocenters. The van der Waals surface area contributed by atoms with Crippen LogP contribution in [0.5, 0.6) is 0 Å². The maximum Gasteiger partial charge on any atom is 0.263 e. The number of nitriles is 1. The van der Waals surface area contributed by atoms with Crippen molar-refractivity contribution >= 4 is 22.5 Å². The molecule has 0 amide bonds. The van der Waals surface area contributed by atoms with Crippen molar-refractivity contribution in [3.05, 3.63) is 65.9 Å². The second-order valence-corrected chi connectivity index (χ2v) is 4.47. The number of nitrogens with zero attached hydrogens (tertiary/aromatic N) is 2. The molecule has 0 fully saturated rings. The van der Waals surface area contributed by atoms with Crippen LogP contribution in [0.3, 0.4) is 0 Å². The van der Waals surface area contributed by atoms with Gasteiger partial charge in [-0.05, 0) is 30.3 Å². The lowest BCUT2D eigenvalue weighted by Gasteiger charge is -2.06. The van der Waals surface area contributed by atoms with Gasteiger partial charge in [0.15, 0.2) is 0 Å². The van der Waals surface area contributed by atoms with Crippen molar-refractivity contribution in [3.8, 4) is 6.07 Å². The molecule has 0 saturated carbocycles. The fourth-order valence-corrected chi connectivity index (χ4v) is 2.22. The van der Waals surface area contributed by atoms with Gasteiger partial charge in [0.25, 0.3) is 5.91 Å². The zero-order valence-electron chi connectivity index (χ0n) is 10.6. The molecule has 4 heteroatoms. The molecule has 1 heterocycles. The summed E-state index contributed by atoms with van der Waals surface area (Å²) < 4.78 is 1.52. The van der Waals surface area contributed by atoms with Crippen molar-refractivity contribution in [2.24, 2.45) is 0 Å². The van der Waals surface area contributed by atoms with E-state index >= 15 is 0 Å². The van der Waals surface area contributed by atoms with Crippen molar-refractivity contribution < 1.29 is 4.79 Å². The van der Waals surface area contributed by atoms with Gasteiger partial charge in [-0.25, -0.2) is 0 Å². The number of hydrogen-bond acceptors (Lipinski definition) is 3. The zero-order valence-corrected chi connectivity index (χ0v) is 10.6. The molecule has 2 N–H and O–H groups in total. The molecule has 0 atom stereocenters. The van der Waals surface area contributed by atoms with Crippen LogP contribution < -0.4 is 5.73 Å². The van der Waals surface area contributed by atoms with E-state index in [1.54, 1.807) is 42.6 Å². The Kier molecular flexibility index (Phi) is 2.73. The van der Waals surface area contributed by atoms with Gasteiger partial charge in [-0.2, -0.15) is 5.26 Å². The molecule has 0 spiro atoms. The van der Waals surface area contributed by atoms with E-state index in [0.717, 1.165) is 10.9 Å². The van der Waals surface area contributed by atoms with Crippen molar-refractivity contribution in [1.82, 2.24) is 4.57 Å². The van der Waals surface area contributed by atoms with Crippen LogP contribution >= 0.6 is 0 Å². The Balaban J connectivity index is 2.18. The number of benzene rings is 2. The molecule has 1 aromatic heterocycles. The van der Waals surface area contributed by atoms with Crippen molar-refractivity contribution in [2.45, 2.75) is 0 Å². The van der Waals surface area contributed by atoms with Crippen molar-refractivity contribution in [3.63, 3.8) is 0 Å². The molecule has 96 valence electrons. The molecule has 3 rings (SSSR count). The zero-order chi connectivity index (χ0) is 14.1. The summed E-state index contributed by atoms with van der Waals surface area (Å²) in [6.07, 6.45) is 1.70. The lowest BCUT2D eigenvalue weighted by molar-refractivity contribution is 0.0965. The van der Waals surface area contributed by atoms with Crippen LogP contribution in [0.2, 0.25) is 0 Å². The Bertz CT molecular complexity index is 856. The predicted octanol–water partition coefficient (Wildman–Crippen LogP) is 2.78. The smallest absolute Gasteiger partial charge is 0.263 e. The van der Waals surface area contributed by atoms with E-state index in [1.165, 1.54) is 4.57 Å². The third-order valence-corrected chi connectivity index (χ3v) is 3.21. The highest BCUT2D eigenvalue weighted by Gasteiger charge is 2.14. The van der Waals surface area contributed by atoms with E-state index in [2.05, 4.69) is 0 Å². The molecular weight excluding hydrogens is 250 g/mol.